The summed E-state index contributed by atoms with van der Waals surface area (Å²) in [6, 6.07) is 6.77. The summed E-state index contributed by atoms with van der Waals surface area (Å²) in [6.45, 7) is 1.90. The molecule has 0 fully saturated rings. The predicted molar refractivity (Wildman–Crippen MR) is 81.9 cm³/mol. The van der Waals surface area contributed by atoms with E-state index in [1.807, 2.05) is 13.0 Å². The van der Waals surface area contributed by atoms with Crippen molar-refractivity contribution in [3.05, 3.63) is 45.5 Å². The van der Waals surface area contributed by atoms with Crippen LogP contribution in [0.4, 0.5) is 0 Å². The molecule has 0 bridgehead atoms. The first-order valence-electron chi connectivity index (χ1n) is 5.81. The van der Waals surface area contributed by atoms with Crippen LogP contribution in [0.15, 0.2) is 34.7 Å². The first kappa shape index (κ1) is 15.7. The number of nitrogens with one attached hydrogen (secondary N) is 1. The van der Waals surface area contributed by atoms with Gasteiger partial charge in [-0.1, -0.05) is 53.6 Å². The maximum atomic E-state index is 12.2. The Morgan fingerprint density at radius 1 is 1.40 bits per heavy atom. The van der Waals surface area contributed by atoms with Crippen molar-refractivity contribution in [2.24, 2.45) is 0 Å². The molecule has 1 aromatic carbocycles. The molecule has 0 saturated carbocycles. The zero-order chi connectivity index (χ0) is 14.8. The van der Waals surface area contributed by atoms with Crippen molar-refractivity contribution in [3.8, 4) is 0 Å². The van der Waals surface area contributed by atoms with Crippen LogP contribution in [0.1, 0.15) is 24.9 Å². The minimum atomic E-state index is -3.63. The van der Waals surface area contributed by atoms with Crippen LogP contribution in [0.2, 0.25) is 9.49 Å². The van der Waals surface area contributed by atoms with Crippen LogP contribution >= 0.6 is 34.5 Å². The van der Waals surface area contributed by atoms with Crippen molar-refractivity contribution >= 4 is 44.6 Å². The number of hydrogen-bond acceptors (Lipinski definition) is 4. The van der Waals surface area contributed by atoms with Crippen LogP contribution in [-0.2, 0) is 10.0 Å². The van der Waals surface area contributed by atoms with E-state index in [4.69, 9.17) is 23.2 Å². The van der Waals surface area contributed by atoms with E-state index in [9.17, 15) is 8.42 Å². The Labute approximate surface area is 131 Å². The van der Waals surface area contributed by atoms with Gasteiger partial charge in [0.2, 0.25) is 0 Å². The van der Waals surface area contributed by atoms with E-state index in [0.717, 1.165) is 16.9 Å². The first-order valence-corrected chi connectivity index (χ1v) is 8.87. The Kier molecular flexibility index (Phi) is 5.04. The minimum absolute atomic E-state index is 0.1000. The molecule has 0 aliphatic heterocycles. The Hall–Kier alpha value is -0.660. The quantitative estimate of drug-likeness (QED) is 0.889. The van der Waals surface area contributed by atoms with E-state index in [1.165, 1.54) is 6.20 Å². The maximum Gasteiger partial charge on any atom is 0.252 e. The third kappa shape index (κ3) is 3.71. The predicted octanol–water partition coefficient (Wildman–Crippen LogP) is 3.88. The lowest BCUT2D eigenvalue weighted by molar-refractivity contribution is 0.552. The molecule has 0 aliphatic carbocycles. The summed E-state index contributed by atoms with van der Waals surface area (Å²) in [6.07, 6.45) is 1.85. The molecule has 20 heavy (non-hydrogen) atoms. The Balaban J connectivity index is 2.26. The number of rotatable bonds is 5. The van der Waals surface area contributed by atoms with Crippen molar-refractivity contribution < 1.29 is 8.42 Å². The van der Waals surface area contributed by atoms with Crippen molar-refractivity contribution in [1.82, 2.24) is 9.71 Å². The van der Waals surface area contributed by atoms with Gasteiger partial charge in [0.1, 0.15) is 0 Å². The van der Waals surface area contributed by atoms with E-state index in [0.29, 0.717) is 11.4 Å². The molecule has 108 valence electrons. The minimum Gasteiger partial charge on any atom is -0.232 e. The fourth-order valence-corrected chi connectivity index (χ4v) is 4.54. The van der Waals surface area contributed by atoms with Gasteiger partial charge in [0.25, 0.3) is 10.0 Å². The van der Waals surface area contributed by atoms with Crippen molar-refractivity contribution in [2.45, 2.75) is 23.6 Å². The van der Waals surface area contributed by atoms with Gasteiger partial charge in [-0.2, -0.15) is 0 Å². The van der Waals surface area contributed by atoms with Gasteiger partial charge >= 0.3 is 0 Å². The lowest BCUT2D eigenvalue weighted by atomic mass is 10.1. The van der Waals surface area contributed by atoms with Gasteiger partial charge in [-0.05, 0) is 24.1 Å². The number of hydrogen-bond donors (Lipinski definition) is 1. The van der Waals surface area contributed by atoms with Crippen LogP contribution in [0, 0.1) is 0 Å². The molecule has 2 rings (SSSR count). The number of aromatic nitrogens is 1. The third-order valence-electron chi connectivity index (χ3n) is 2.68. The summed E-state index contributed by atoms with van der Waals surface area (Å²) in [5.74, 6) is 0. The number of thiazole rings is 1. The summed E-state index contributed by atoms with van der Waals surface area (Å²) < 4.78 is 27.4. The lowest BCUT2D eigenvalue weighted by Crippen LogP contribution is -2.27. The van der Waals surface area contributed by atoms with Gasteiger partial charge in [0, 0.05) is 11.1 Å². The molecule has 0 radical (unpaired) electrons. The molecule has 1 unspecified atom stereocenters. The number of nitrogens with zero attached hydrogens (tertiary/aromatic N) is 1. The molecule has 1 N–H and O–H groups in total. The van der Waals surface area contributed by atoms with Crippen LogP contribution < -0.4 is 4.72 Å². The van der Waals surface area contributed by atoms with Crippen LogP contribution in [0.25, 0.3) is 0 Å². The molecule has 8 heteroatoms. The molecule has 1 heterocycles. The SMILES string of the molecule is CCC(NS(=O)(=O)c1cnc(Cl)s1)c1cccc(Cl)c1. The highest BCUT2D eigenvalue weighted by Crippen LogP contribution is 2.26. The van der Waals surface area contributed by atoms with Gasteiger partial charge in [-0.3, -0.25) is 0 Å². The van der Waals surface area contributed by atoms with Crippen molar-refractivity contribution in [2.75, 3.05) is 0 Å². The van der Waals surface area contributed by atoms with Crippen LogP contribution in [-0.4, -0.2) is 13.4 Å². The fraction of sp³-hybridized carbons (Fsp3) is 0.250. The number of sulfonamides is 1. The molecule has 4 nitrogen and oxygen atoms in total. The van der Waals surface area contributed by atoms with Gasteiger partial charge in [-0.25, -0.2) is 18.1 Å². The summed E-state index contributed by atoms with van der Waals surface area (Å²) in [5.41, 5.74) is 0.819. The molecule has 1 aromatic heterocycles. The average molecular weight is 351 g/mol. The number of benzene rings is 1. The topological polar surface area (TPSA) is 59.1 Å². The molecule has 0 aliphatic rings. The second kappa shape index (κ2) is 6.41. The Morgan fingerprint density at radius 2 is 2.15 bits per heavy atom. The molecule has 1 atom stereocenters. The Bertz CT molecular complexity index is 701. The molecule has 0 amide bonds. The van der Waals surface area contributed by atoms with Gasteiger partial charge in [0.15, 0.2) is 8.68 Å². The van der Waals surface area contributed by atoms with Crippen molar-refractivity contribution in [1.29, 1.82) is 0 Å². The molecular formula is C12H12Cl2N2O2S2. The van der Waals surface area contributed by atoms with Crippen LogP contribution in [0.3, 0.4) is 0 Å². The summed E-state index contributed by atoms with van der Waals surface area (Å²) >= 11 is 12.5. The fourth-order valence-electron chi connectivity index (χ4n) is 1.72. The maximum absolute atomic E-state index is 12.2. The third-order valence-corrected chi connectivity index (χ3v) is 5.96. The van der Waals surface area contributed by atoms with E-state index in [2.05, 4.69) is 9.71 Å². The smallest absolute Gasteiger partial charge is 0.232 e. The largest absolute Gasteiger partial charge is 0.252 e. The Morgan fingerprint density at radius 3 is 2.70 bits per heavy atom. The molecule has 2 aromatic rings. The normalized spacial score (nSPS) is 13.3. The van der Waals surface area contributed by atoms with Gasteiger partial charge in [0.05, 0.1) is 6.20 Å². The van der Waals surface area contributed by atoms with Gasteiger partial charge in [-0.15, -0.1) is 0 Å². The summed E-state index contributed by atoms with van der Waals surface area (Å²) in [4.78, 5) is 3.75. The van der Waals surface area contributed by atoms with Crippen molar-refractivity contribution in [3.63, 3.8) is 0 Å². The summed E-state index contributed by atoms with van der Waals surface area (Å²) in [5, 5.41) is 0.570. The standard InChI is InChI=1S/C12H12Cl2N2O2S2/c1-2-10(8-4-3-5-9(13)6-8)16-20(17,18)11-7-15-12(14)19-11/h3-7,10,16H,2H2,1H3. The molecule has 0 saturated heterocycles. The lowest BCUT2D eigenvalue weighted by Gasteiger charge is -2.17. The zero-order valence-electron chi connectivity index (χ0n) is 10.5. The highest BCUT2D eigenvalue weighted by molar-refractivity contribution is 7.91. The molecule has 0 spiro atoms. The molecular weight excluding hydrogens is 339 g/mol. The second-order valence-corrected chi connectivity index (χ2v) is 8.06. The summed E-state index contributed by atoms with van der Waals surface area (Å²) in [7, 11) is -3.63. The van der Waals surface area contributed by atoms with Crippen LogP contribution in [0.5, 0.6) is 0 Å². The van der Waals surface area contributed by atoms with E-state index in [-0.39, 0.29) is 14.7 Å². The van der Waals surface area contributed by atoms with E-state index in [1.54, 1.807) is 18.2 Å². The first-order chi connectivity index (χ1) is 9.42. The highest BCUT2D eigenvalue weighted by atomic mass is 35.5. The van der Waals surface area contributed by atoms with E-state index < -0.39 is 10.0 Å². The highest BCUT2D eigenvalue weighted by Gasteiger charge is 2.22. The monoisotopic (exact) mass is 350 g/mol. The van der Waals surface area contributed by atoms with Gasteiger partial charge < -0.3 is 0 Å². The zero-order valence-corrected chi connectivity index (χ0v) is 13.7. The number of halogens is 2. The average Bonchev–Trinajstić information content (AvgIpc) is 2.83. The second-order valence-electron chi connectivity index (χ2n) is 4.07. The van der Waals surface area contributed by atoms with E-state index >= 15 is 0 Å².